The molecule has 0 aromatic heterocycles. The van der Waals surface area contributed by atoms with E-state index in [2.05, 4.69) is 0 Å². The van der Waals surface area contributed by atoms with Crippen LogP contribution >= 0.6 is 0 Å². The Morgan fingerprint density at radius 2 is 1.64 bits per heavy atom. The first-order chi connectivity index (χ1) is 19.5. The summed E-state index contributed by atoms with van der Waals surface area (Å²) < 4.78 is 44.3. The number of anilines is 1. The van der Waals surface area contributed by atoms with Crippen LogP contribution in [0.4, 0.5) is 16.2 Å². The van der Waals surface area contributed by atoms with Gasteiger partial charge in [0.05, 0.1) is 16.4 Å². The zero-order valence-corrected chi connectivity index (χ0v) is 25.3. The van der Waals surface area contributed by atoms with Gasteiger partial charge in [0, 0.05) is 24.2 Å². The van der Waals surface area contributed by atoms with Crippen LogP contribution in [0, 0.1) is 17.0 Å². The highest BCUT2D eigenvalue weighted by Gasteiger charge is 2.25. The van der Waals surface area contributed by atoms with Crippen LogP contribution in [0.15, 0.2) is 65.6 Å². The Labute approximate surface area is 246 Å². The second kappa shape index (κ2) is 13.2. The molecule has 0 radical (unpaired) electrons. The number of benzene rings is 3. The van der Waals surface area contributed by atoms with E-state index in [-0.39, 0.29) is 35.4 Å². The number of amides is 1. The Bertz CT molecular complexity index is 1570. The van der Waals surface area contributed by atoms with Gasteiger partial charge in [-0.2, -0.15) is 8.42 Å². The lowest BCUT2D eigenvalue weighted by Gasteiger charge is -2.30. The van der Waals surface area contributed by atoms with Crippen LogP contribution < -0.4 is 9.64 Å². The molecule has 224 valence electrons. The monoisotopic (exact) mass is 596 g/mol. The Morgan fingerprint density at radius 3 is 2.21 bits per heavy atom. The van der Waals surface area contributed by atoms with E-state index in [0.717, 1.165) is 11.1 Å². The van der Waals surface area contributed by atoms with E-state index in [4.69, 9.17) is 9.47 Å². The summed E-state index contributed by atoms with van der Waals surface area (Å²) in [7, 11) is -4.43. The molecule has 42 heavy (non-hydrogen) atoms. The third-order valence-electron chi connectivity index (χ3n) is 6.05. The summed E-state index contributed by atoms with van der Waals surface area (Å²) >= 11 is 0. The molecule has 1 N–H and O–H groups in total. The number of hydrogen-bond donors (Lipinski definition) is 1. The number of rotatable bonds is 10. The summed E-state index contributed by atoms with van der Waals surface area (Å²) in [4.78, 5) is 25.1. The summed E-state index contributed by atoms with van der Waals surface area (Å²) in [5, 5.41) is 11.6. The second-order valence-electron chi connectivity index (χ2n) is 11.0. The van der Waals surface area contributed by atoms with Gasteiger partial charge in [-0.3, -0.25) is 19.6 Å². The normalized spacial score (nSPS) is 12.0. The van der Waals surface area contributed by atoms with Gasteiger partial charge in [0.15, 0.2) is 5.75 Å². The highest BCUT2D eigenvalue weighted by Crippen LogP contribution is 2.30. The molecule has 3 aromatic rings. The Hall–Kier alpha value is -4.22. The molecule has 0 saturated carbocycles. The molecule has 0 spiro atoms. The number of hydrogen-bond acceptors (Lipinski definition) is 7. The fourth-order valence-electron chi connectivity index (χ4n) is 4.19. The maximum Gasteiger partial charge on any atom is 0.415 e. The highest BCUT2D eigenvalue weighted by atomic mass is 32.2. The number of aryl methyl sites for hydroxylation is 1. The largest absolute Gasteiger partial charge is 0.486 e. The van der Waals surface area contributed by atoms with Gasteiger partial charge < -0.3 is 9.47 Å². The first-order valence-corrected chi connectivity index (χ1v) is 14.8. The first-order valence-electron chi connectivity index (χ1n) is 13.3. The minimum atomic E-state index is -4.43. The maximum atomic E-state index is 12.7. The van der Waals surface area contributed by atoms with Gasteiger partial charge in [-0.15, -0.1) is 0 Å². The number of nitrogens with zero attached hydrogens (tertiary/aromatic N) is 2. The van der Waals surface area contributed by atoms with E-state index in [9.17, 15) is 27.9 Å². The van der Waals surface area contributed by atoms with Crippen LogP contribution in [-0.4, -0.2) is 42.2 Å². The van der Waals surface area contributed by atoms with Crippen LogP contribution in [-0.2, 0) is 21.3 Å². The van der Waals surface area contributed by atoms with E-state index < -0.39 is 26.7 Å². The average Bonchev–Trinajstić information content (AvgIpc) is 2.86. The summed E-state index contributed by atoms with van der Waals surface area (Å²) in [5.74, 6) is 0.0310. The van der Waals surface area contributed by atoms with Gasteiger partial charge in [-0.05, 0) is 88.6 Å². The topological polar surface area (TPSA) is 136 Å². The van der Waals surface area contributed by atoms with E-state index in [1.54, 1.807) is 36.1 Å². The van der Waals surface area contributed by atoms with Crippen LogP contribution in [0.2, 0.25) is 0 Å². The van der Waals surface area contributed by atoms with Crippen molar-refractivity contribution >= 4 is 39.7 Å². The van der Waals surface area contributed by atoms with Crippen molar-refractivity contribution in [2.45, 2.75) is 64.5 Å². The number of nitro benzene ring substituents is 1. The lowest BCUT2D eigenvalue weighted by molar-refractivity contribution is -0.385. The molecule has 0 saturated heterocycles. The van der Waals surface area contributed by atoms with Crippen molar-refractivity contribution in [3.63, 3.8) is 0 Å². The average molecular weight is 597 g/mol. The molecule has 0 unspecified atom stereocenters. The molecule has 0 heterocycles. The number of ether oxygens (including phenoxy) is 2. The number of carbonyl (C=O) groups is 1. The predicted molar refractivity (Wildman–Crippen MR) is 163 cm³/mol. The van der Waals surface area contributed by atoms with Crippen LogP contribution in [0.25, 0.3) is 12.2 Å². The summed E-state index contributed by atoms with van der Waals surface area (Å²) in [6, 6.07) is 16.2. The van der Waals surface area contributed by atoms with Gasteiger partial charge in [-0.25, -0.2) is 4.79 Å². The molecule has 0 fully saturated rings. The van der Waals surface area contributed by atoms with Crippen molar-refractivity contribution in [3.8, 4) is 5.75 Å². The molecule has 3 aromatic carbocycles. The van der Waals surface area contributed by atoms with E-state index >= 15 is 0 Å². The Morgan fingerprint density at radius 1 is 1.02 bits per heavy atom. The van der Waals surface area contributed by atoms with Crippen molar-refractivity contribution in [2.75, 3.05) is 11.5 Å². The van der Waals surface area contributed by atoms with Gasteiger partial charge in [0.2, 0.25) is 0 Å². The molecule has 1 amide bonds. The van der Waals surface area contributed by atoms with E-state index in [1.165, 1.54) is 18.2 Å². The lowest BCUT2D eigenvalue weighted by Crippen LogP contribution is -2.41. The molecule has 11 heteroatoms. The zero-order valence-electron chi connectivity index (χ0n) is 24.5. The molecular weight excluding hydrogens is 560 g/mol. The predicted octanol–water partition coefficient (Wildman–Crippen LogP) is 7.09. The SMILES string of the molecule is Cc1ccc(S(=O)(=O)O)c(CCOc2cc(C=Cc3ccc(N(C(=O)OC(C)(C)C)C(C)C)cc3)ccc2[N+](=O)[O-])c1. The molecule has 0 bridgehead atoms. The van der Waals surface area contributed by atoms with E-state index in [0.29, 0.717) is 16.8 Å². The summed E-state index contributed by atoms with van der Waals surface area (Å²) in [6.45, 7) is 11.0. The first kappa shape index (κ1) is 32.3. The third-order valence-corrected chi connectivity index (χ3v) is 7.00. The standard InChI is InChI=1S/C31H36N2O8S/c1-21(2)32(30(34)41-31(4,5)6)26-13-10-23(11-14-26)8-9-24-12-15-27(33(35)36)28(20-24)40-18-17-25-19-22(3)7-16-29(25)42(37,38)39/h7-16,19-21H,17-18H2,1-6H3,(H,37,38,39). The van der Waals surface area contributed by atoms with E-state index in [1.807, 2.05) is 65.0 Å². The molecule has 0 aliphatic carbocycles. The van der Waals surface area contributed by atoms with Crippen LogP contribution in [0.3, 0.4) is 0 Å². The van der Waals surface area contributed by atoms with Crippen molar-refractivity contribution < 1.29 is 32.2 Å². The minimum Gasteiger partial charge on any atom is -0.486 e. The van der Waals surface area contributed by atoms with Crippen molar-refractivity contribution in [2.24, 2.45) is 0 Å². The molecule has 10 nitrogen and oxygen atoms in total. The van der Waals surface area contributed by atoms with Gasteiger partial charge in [0.25, 0.3) is 10.1 Å². The molecular formula is C31H36N2O8S. The zero-order chi connectivity index (χ0) is 31.2. The summed E-state index contributed by atoms with van der Waals surface area (Å²) in [6.07, 6.45) is 3.27. The number of carbonyl (C=O) groups excluding carboxylic acids is 1. The molecule has 3 rings (SSSR count). The second-order valence-corrected chi connectivity index (χ2v) is 12.4. The smallest absolute Gasteiger partial charge is 0.415 e. The van der Waals surface area contributed by atoms with Gasteiger partial charge >= 0.3 is 11.8 Å². The van der Waals surface area contributed by atoms with Crippen LogP contribution in [0.5, 0.6) is 5.75 Å². The summed E-state index contributed by atoms with van der Waals surface area (Å²) in [5.41, 5.74) is 2.47. The highest BCUT2D eigenvalue weighted by molar-refractivity contribution is 7.85. The minimum absolute atomic E-state index is 0.0310. The third kappa shape index (κ3) is 8.89. The fraction of sp³-hybridized carbons (Fsp3) is 0.323. The Balaban J connectivity index is 1.77. The molecule has 0 aliphatic heterocycles. The van der Waals surface area contributed by atoms with Crippen molar-refractivity contribution in [3.05, 3.63) is 93.0 Å². The maximum absolute atomic E-state index is 12.7. The number of nitro groups is 1. The van der Waals surface area contributed by atoms with Crippen LogP contribution in [0.1, 0.15) is 56.9 Å². The quantitative estimate of drug-likeness (QED) is 0.113. The van der Waals surface area contributed by atoms with Crippen molar-refractivity contribution in [1.82, 2.24) is 0 Å². The fourth-order valence-corrected chi connectivity index (χ4v) is 4.92. The van der Waals surface area contributed by atoms with Gasteiger partial charge in [-0.1, -0.05) is 42.0 Å². The molecule has 0 aliphatic rings. The molecule has 0 atom stereocenters. The van der Waals surface area contributed by atoms with Crippen molar-refractivity contribution in [1.29, 1.82) is 0 Å². The lowest BCUT2D eigenvalue weighted by atomic mass is 10.1. The Kier molecular flexibility index (Phi) is 10.1. The van der Waals surface area contributed by atoms with Gasteiger partial charge in [0.1, 0.15) is 5.60 Å².